The van der Waals surface area contributed by atoms with Gasteiger partial charge >= 0.3 is 12.1 Å². The van der Waals surface area contributed by atoms with Gasteiger partial charge in [0.25, 0.3) is 0 Å². The maximum Gasteiger partial charge on any atom is 0.417 e. The number of carbonyl (C=O) groups is 1. The summed E-state index contributed by atoms with van der Waals surface area (Å²) >= 11 is 0. The molecular weight excluding hydrogens is 269 g/mol. The minimum Gasteiger partial charge on any atom is -0.478 e. The third kappa shape index (κ3) is 2.52. The van der Waals surface area contributed by atoms with Crippen molar-refractivity contribution in [3.63, 3.8) is 0 Å². The van der Waals surface area contributed by atoms with Crippen LogP contribution in [0.1, 0.15) is 21.5 Å². The molecule has 0 aliphatic carbocycles. The van der Waals surface area contributed by atoms with E-state index in [-0.39, 0.29) is 16.7 Å². The monoisotopic (exact) mass is 280 g/mol. The fourth-order valence-corrected chi connectivity index (χ4v) is 2.17. The van der Waals surface area contributed by atoms with E-state index < -0.39 is 17.7 Å². The number of halogens is 3. The number of carboxylic acids is 1. The van der Waals surface area contributed by atoms with Gasteiger partial charge in [-0.25, -0.2) is 4.79 Å². The van der Waals surface area contributed by atoms with E-state index >= 15 is 0 Å². The zero-order chi connectivity index (χ0) is 14.9. The SMILES string of the molecule is Cc1c(C(=O)O)ccc(-c2ccccc2)c1C(F)(F)F. The summed E-state index contributed by atoms with van der Waals surface area (Å²) in [4.78, 5) is 11.0. The van der Waals surface area contributed by atoms with Crippen LogP contribution in [0.5, 0.6) is 0 Å². The third-order valence-corrected chi connectivity index (χ3v) is 3.06. The molecule has 0 unspecified atom stereocenters. The normalized spacial score (nSPS) is 11.4. The lowest BCUT2D eigenvalue weighted by Crippen LogP contribution is -2.13. The lowest BCUT2D eigenvalue weighted by atomic mass is 9.92. The van der Waals surface area contributed by atoms with Gasteiger partial charge in [0.1, 0.15) is 0 Å². The first-order valence-corrected chi connectivity index (χ1v) is 5.82. The molecule has 0 saturated carbocycles. The highest BCUT2D eigenvalue weighted by molar-refractivity contribution is 5.91. The van der Waals surface area contributed by atoms with Crippen LogP contribution in [0.3, 0.4) is 0 Å². The Morgan fingerprint density at radius 3 is 2.15 bits per heavy atom. The molecule has 0 bridgehead atoms. The van der Waals surface area contributed by atoms with Gasteiger partial charge in [-0.05, 0) is 29.7 Å². The van der Waals surface area contributed by atoms with E-state index in [9.17, 15) is 18.0 Å². The Bertz CT molecular complexity index is 646. The van der Waals surface area contributed by atoms with Crippen molar-refractivity contribution >= 4 is 5.97 Å². The summed E-state index contributed by atoms with van der Waals surface area (Å²) in [5.74, 6) is -1.37. The minimum absolute atomic E-state index is 0.0133. The van der Waals surface area contributed by atoms with Crippen LogP contribution in [-0.4, -0.2) is 11.1 Å². The lowest BCUT2D eigenvalue weighted by molar-refractivity contribution is -0.137. The molecule has 0 spiro atoms. The standard InChI is InChI=1S/C15H11F3O2/c1-9-11(14(19)20)7-8-12(13(9)15(16,17)18)10-5-3-2-4-6-10/h2-8H,1H3,(H,19,20). The van der Waals surface area contributed by atoms with E-state index in [1.54, 1.807) is 30.3 Å². The average Bonchev–Trinajstić information content (AvgIpc) is 2.37. The van der Waals surface area contributed by atoms with Crippen molar-refractivity contribution in [2.45, 2.75) is 13.1 Å². The highest BCUT2D eigenvalue weighted by Crippen LogP contribution is 2.40. The molecule has 1 N–H and O–H groups in total. The Balaban J connectivity index is 2.77. The van der Waals surface area contributed by atoms with Gasteiger partial charge in [0.2, 0.25) is 0 Å². The van der Waals surface area contributed by atoms with Gasteiger partial charge in [-0.2, -0.15) is 13.2 Å². The van der Waals surface area contributed by atoms with Gasteiger partial charge < -0.3 is 5.11 Å². The summed E-state index contributed by atoms with van der Waals surface area (Å²) < 4.78 is 39.7. The highest BCUT2D eigenvalue weighted by Gasteiger charge is 2.37. The van der Waals surface area contributed by atoms with Crippen molar-refractivity contribution in [1.82, 2.24) is 0 Å². The zero-order valence-electron chi connectivity index (χ0n) is 10.5. The summed E-state index contributed by atoms with van der Waals surface area (Å²) in [5.41, 5.74) is -1.12. The molecule has 0 fully saturated rings. The molecule has 104 valence electrons. The predicted molar refractivity (Wildman–Crippen MR) is 68.6 cm³/mol. The minimum atomic E-state index is -4.61. The maximum atomic E-state index is 13.2. The van der Waals surface area contributed by atoms with Gasteiger partial charge in [-0.15, -0.1) is 0 Å². The molecule has 2 aromatic rings. The Hall–Kier alpha value is -2.30. The van der Waals surface area contributed by atoms with Gasteiger partial charge in [-0.3, -0.25) is 0 Å². The fraction of sp³-hybridized carbons (Fsp3) is 0.133. The summed E-state index contributed by atoms with van der Waals surface area (Å²) in [6, 6.07) is 10.5. The number of benzene rings is 2. The zero-order valence-corrected chi connectivity index (χ0v) is 10.5. The highest BCUT2D eigenvalue weighted by atomic mass is 19.4. The number of hydrogen-bond donors (Lipinski definition) is 1. The van der Waals surface area contributed by atoms with Crippen LogP contribution >= 0.6 is 0 Å². The van der Waals surface area contributed by atoms with Crippen molar-refractivity contribution < 1.29 is 23.1 Å². The second-order valence-electron chi connectivity index (χ2n) is 4.33. The molecule has 2 nitrogen and oxygen atoms in total. The first kappa shape index (κ1) is 14.1. The van der Waals surface area contributed by atoms with Crippen LogP contribution < -0.4 is 0 Å². The molecule has 5 heteroatoms. The first-order valence-electron chi connectivity index (χ1n) is 5.82. The van der Waals surface area contributed by atoms with Crippen LogP contribution in [0, 0.1) is 6.92 Å². The quantitative estimate of drug-likeness (QED) is 0.886. The topological polar surface area (TPSA) is 37.3 Å². The summed E-state index contributed by atoms with van der Waals surface area (Å²) in [5, 5.41) is 8.95. The Labute approximate surface area is 113 Å². The van der Waals surface area contributed by atoms with Crippen molar-refractivity contribution in [3.05, 3.63) is 59.2 Å². The van der Waals surface area contributed by atoms with Crippen LogP contribution in [0.2, 0.25) is 0 Å². The number of aromatic carboxylic acids is 1. The molecule has 0 aromatic heterocycles. The number of rotatable bonds is 2. The Kier molecular flexibility index (Phi) is 3.53. The molecule has 0 amide bonds. The van der Waals surface area contributed by atoms with E-state index in [4.69, 9.17) is 5.11 Å². The molecule has 0 atom stereocenters. The Morgan fingerprint density at radius 1 is 1.05 bits per heavy atom. The average molecular weight is 280 g/mol. The molecule has 0 aliphatic rings. The third-order valence-electron chi connectivity index (χ3n) is 3.06. The van der Waals surface area contributed by atoms with Crippen LogP contribution in [0.25, 0.3) is 11.1 Å². The van der Waals surface area contributed by atoms with Gasteiger partial charge in [-0.1, -0.05) is 36.4 Å². The van der Waals surface area contributed by atoms with Crippen LogP contribution in [-0.2, 0) is 6.18 Å². The fourth-order valence-electron chi connectivity index (χ4n) is 2.17. The second kappa shape index (κ2) is 5.00. The van der Waals surface area contributed by atoms with Gasteiger partial charge in [0.15, 0.2) is 0 Å². The van der Waals surface area contributed by atoms with Crippen LogP contribution in [0.4, 0.5) is 13.2 Å². The summed E-state index contributed by atoms with van der Waals surface area (Å²) in [6.45, 7) is 1.18. The van der Waals surface area contributed by atoms with Crippen LogP contribution in [0.15, 0.2) is 42.5 Å². The first-order chi connectivity index (χ1) is 9.32. The molecular formula is C15H11F3O2. The molecule has 0 heterocycles. The van der Waals surface area contributed by atoms with E-state index in [0.29, 0.717) is 5.56 Å². The number of carboxylic acid groups (broad SMARTS) is 1. The molecule has 2 rings (SSSR count). The van der Waals surface area contributed by atoms with Gasteiger partial charge in [0, 0.05) is 0 Å². The number of alkyl halides is 3. The predicted octanol–water partition coefficient (Wildman–Crippen LogP) is 4.38. The summed E-state index contributed by atoms with van der Waals surface area (Å²) in [7, 11) is 0. The van der Waals surface area contributed by atoms with Crippen molar-refractivity contribution in [2.24, 2.45) is 0 Å². The summed E-state index contributed by atoms with van der Waals surface area (Å²) in [6.07, 6.45) is -4.61. The second-order valence-corrected chi connectivity index (χ2v) is 4.33. The molecule has 20 heavy (non-hydrogen) atoms. The smallest absolute Gasteiger partial charge is 0.417 e. The van der Waals surface area contributed by atoms with E-state index in [0.717, 1.165) is 0 Å². The van der Waals surface area contributed by atoms with Crippen molar-refractivity contribution in [3.8, 4) is 11.1 Å². The lowest BCUT2D eigenvalue weighted by Gasteiger charge is -2.17. The Morgan fingerprint density at radius 2 is 1.65 bits per heavy atom. The maximum absolute atomic E-state index is 13.2. The van der Waals surface area contributed by atoms with E-state index in [2.05, 4.69) is 0 Å². The van der Waals surface area contributed by atoms with Crippen molar-refractivity contribution in [2.75, 3.05) is 0 Å². The molecule has 0 radical (unpaired) electrons. The van der Waals surface area contributed by atoms with Gasteiger partial charge in [0.05, 0.1) is 11.1 Å². The van der Waals surface area contributed by atoms with E-state index in [1.165, 1.54) is 19.1 Å². The molecule has 0 saturated heterocycles. The molecule has 2 aromatic carbocycles. The van der Waals surface area contributed by atoms with E-state index in [1.807, 2.05) is 0 Å². The van der Waals surface area contributed by atoms with Crippen molar-refractivity contribution in [1.29, 1.82) is 0 Å². The number of hydrogen-bond acceptors (Lipinski definition) is 1. The molecule has 0 aliphatic heterocycles. The largest absolute Gasteiger partial charge is 0.478 e.